The Hall–Kier alpha value is -2.91. The van der Waals surface area contributed by atoms with Gasteiger partial charge in [-0.1, -0.05) is 11.6 Å². The number of aromatic nitrogens is 3. The zero-order chi connectivity index (χ0) is 16.7. The van der Waals surface area contributed by atoms with E-state index >= 15 is 0 Å². The highest BCUT2D eigenvalue weighted by Crippen LogP contribution is 2.31. The van der Waals surface area contributed by atoms with Crippen LogP contribution in [0.15, 0.2) is 41.9 Å². The van der Waals surface area contributed by atoms with E-state index in [4.69, 9.17) is 11.6 Å². The monoisotopic (exact) mass is 336 g/mol. The number of pyridine rings is 2. The molecule has 0 saturated carbocycles. The minimum absolute atomic E-state index is 0.188. The number of rotatable bonds is 2. The van der Waals surface area contributed by atoms with Crippen LogP contribution in [0.5, 0.6) is 0 Å². The SMILES string of the molecule is CN1CC(c2cc(-c3ccc(Cl)nc3)c3c(C#N)cnn3c2)C=N1. The molecule has 1 unspecified atom stereocenters. The van der Waals surface area contributed by atoms with Gasteiger partial charge in [-0.05, 0) is 23.8 Å². The second-order valence-corrected chi connectivity index (χ2v) is 6.12. The first-order valence-corrected chi connectivity index (χ1v) is 7.82. The summed E-state index contributed by atoms with van der Waals surface area (Å²) < 4.78 is 1.75. The van der Waals surface area contributed by atoms with E-state index in [1.54, 1.807) is 23.0 Å². The largest absolute Gasteiger partial charge is 0.299 e. The van der Waals surface area contributed by atoms with E-state index in [0.717, 1.165) is 28.8 Å². The van der Waals surface area contributed by atoms with Crippen LogP contribution in [0.25, 0.3) is 16.6 Å². The molecule has 4 heterocycles. The Bertz CT molecular complexity index is 983. The molecule has 24 heavy (non-hydrogen) atoms. The summed E-state index contributed by atoms with van der Waals surface area (Å²) in [6.07, 6.45) is 7.18. The van der Waals surface area contributed by atoms with Crippen molar-refractivity contribution in [3.8, 4) is 17.2 Å². The molecule has 0 fully saturated rings. The van der Waals surface area contributed by atoms with Gasteiger partial charge in [0.1, 0.15) is 11.2 Å². The zero-order valence-corrected chi connectivity index (χ0v) is 13.6. The Morgan fingerprint density at radius 2 is 2.21 bits per heavy atom. The van der Waals surface area contributed by atoms with Crippen LogP contribution in [0.1, 0.15) is 17.0 Å². The molecule has 3 aromatic rings. The van der Waals surface area contributed by atoms with E-state index in [1.807, 2.05) is 30.5 Å². The molecule has 118 valence electrons. The maximum Gasteiger partial charge on any atom is 0.129 e. The molecular formula is C17H13ClN6. The summed E-state index contributed by atoms with van der Waals surface area (Å²) in [6, 6.07) is 7.93. The first-order chi connectivity index (χ1) is 11.7. The molecule has 0 saturated heterocycles. The molecule has 0 aromatic carbocycles. The second kappa shape index (κ2) is 5.62. The fourth-order valence-electron chi connectivity index (χ4n) is 2.95. The number of fused-ring (bicyclic) bond motifs is 1. The van der Waals surface area contributed by atoms with Crippen LogP contribution < -0.4 is 0 Å². The highest BCUT2D eigenvalue weighted by molar-refractivity contribution is 6.29. The van der Waals surface area contributed by atoms with Crippen LogP contribution in [0.2, 0.25) is 5.15 Å². The third-order valence-electron chi connectivity index (χ3n) is 4.12. The molecule has 7 heteroatoms. The lowest BCUT2D eigenvalue weighted by molar-refractivity contribution is 0.381. The molecule has 0 N–H and O–H groups in total. The van der Waals surface area contributed by atoms with E-state index in [0.29, 0.717) is 10.7 Å². The lowest BCUT2D eigenvalue weighted by Gasteiger charge is -2.13. The Morgan fingerprint density at radius 1 is 1.33 bits per heavy atom. The van der Waals surface area contributed by atoms with E-state index in [1.165, 1.54) is 0 Å². The minimum Gasteiger partial charge on any atom is -0.299 e. The summed E-state index contributed by atoms with van der Waals surface area (Å²) in [5, 5.41) is 20.4. The van der Waals surface area contributed by atoms with Crippen molar-refractivity contribution in [3.63, 3.8) is 0 Å². The van der Waals surface area contributed by atoms with Gasteiger partial charge in [0.25, 0.3) is 0 Å². The number of hydrazone groups is 1. The summed E-state index contributed by atoms with van der Waals surface area (Å²) >= 11 is 5.90. The first kappa shape index (κ1) is 14.7. The average molecular weight is 337 g/mol. The van der Waals surface area contributed by atoms with Crippen molar-refractivity contribution in [2.75, 3.05) is 13.6 Å². The van der Waals surface area contributed by atoms with E-state index in [-0.39, 0.29) is 5.92 Å². The van der Waals surface area contributed by atoms with Crippen molar-refractivity contribution in [1.82, 2.24) is 19.6 Å². The third-order valence-corrected chi connectivity index (χ3v) is 4.35. The summed E-state index contributed by atoms with van der Waals surface area (Å²) in [5.41, 5.74) is 4.20. The Labute approximate surface area is 143 Å². The van der Waals surface area contributed by atoms with Gasteiger partial charge in [-0.15, -0.1) is 0 Å². The Balaban J connectivity index is 1.94. The van der Waals surface area contributed by atoms with E-state index in [9.17, 15) is 5.26 Å². The predicted molar refractivity (Wildman–Crippen MR) is 92.0 cm³/mol. The highest BCUT2D eigenvalue weighted by Gasteiger charge is 2.20. The fourth-order valence-corrected chi connectivity index (χ4v) is 3.06. The number of hydrogen-bond acceptors (Lipinski definition) is 5. The van der Waals surface area contributed by atoms with Crippen molar-refractivity contribution in [2.24, 2.45) is 5.10 Å². The molecule has 6 nitrogen and oxygen atoms in total. The zero-order valence-electron chi connectivity index (χ0n) is 12.9. The van der Waals surface area contributed by atoms with Crippen LogP contribution in [-0.2, 0) is 0 Å². The lowest BCUT2D eigenvalue weighted by Crippen LogP contribution is -2.12. The van der Waals surface area contributed by atoms with E-state index in [2.05, 4.69) is 27.3 Å². The van der Waals surface area contributed by atoms with Gasteiger partial charge in [-0.25, -0.2) is 9.50 Å². The summed E-state index contributed by atoms with van der Waals surface area (Å²) in [5.74, 6) is 0.188. The van der Waals surface area contributed by atoms with Crippen molar-refractivity contribution < 1.29 is 0 Å². The van der Waals surface area contributed by atoms with Gasteiger partial charge in [-0.2, -0.15) is 15.5 Å². The van der Waals surface area contributed by atoms with Crippen molar-refractivity contribution in [3.05, 3.63) is 53.1 Å². The number of likely N-dealkylation sites (N-methyl/N-ethyl adjacent to an activating group) is 1. The fraction of sp³-hybridized carbons (Fsp3) is 0.176. The summed E-state index contributed by atoms with van der Waals surface area (Å²) in [7, 11) is 1.95. The van der Waals surface area contributed by atoms with Gasteiger partial charge >= 0.3 is 0 Å². The maximum absolute atomic E-state index is 9.39. The van der Waals surface area contributed by atoms with Gasteiger partial charge in [0.05, 0.1) is 17.3 Å². The Kier molecular flexibility index (Phi) is 3.44. The first-order valence-electron chi connectivity index (χ1n) is 7.44. The topological polar surface area (TPSA) is 69.6 Å². The van der Waals surface area contributed by atoms with Crippen LogP contribution >= 0.6 is 11.6 Å². The molecule has 0 amide bonds. The molecule has 0 spiro atoms. The van der Waals surface area contributed by atoms with Crippen LogP contribution in [-0.4, -0.2) is 39.4 Å². The number of nitriles is 1. The summed E-state index contributed by atoms with van der Waals surface area (Å²) in [6.45, 7) is 0.816. The number of hydrogen-bond donors (Lipinski definition) is 0. The van der Waals surface area contributed by atoms with Crippen molar-refractivity contribution in [2.45, 2.75) is 5.92 Å². The van der Waals surface area contributed by atoms with Gasteiger partial charge in [0.2, 0.25) is 0 Å². The van der Waals surface area contributed by atoms with Gasteiger partial charge in [0, 0.05) is 49.2 Å². The van der Waals surface area contributed by atoms with Crippen LogP contribution in [0, 0.1) is 11.3 Å². The van der Waals surface area contributed by atoms with Crippen molar-refractivity contribution in [1.29, 1.82) is 5.26 Å². The number of nitrogens with zero attached hydrogens (tertiary/aromatic N) is 6. The Morgan fingerprint density at radius 3 is 2.88 bits per heavy atom. The maximum atomic E-state index is 9.39. The molecule has 0 aliphatic carbocycles. The molecule has 1 aliphatic heterocycles. The molecule has 0 radical (unpaired) electrons. The molecule has 1 aliphatic rings. The second-order valence-electron chi connectivity index (χ2n) is 5.73. The molecule has 1 atom stereocenters. The van der Waals surface area contributed by atoms with Crippen LogP contribution in [0.3, 0.4) is 0 Å². The van der Waals surface area contributed by atoms with Gasteiger partial charge in [0.15, 0.2) is 0 Å². The summed E-state index contributed by atoms with van der Waals surface area (Å²) in [4.78, 5) is 4.16. The molecule has 3 aromatic heterocycles. The van der Waals surface area contributed by atoms with Crippen LogP contribution in [0.4, 0.5) is 0 Å². The normalized spacial score (nSPS) is 16.7. The molecular weight excluding hydrogens is 324 g/mol. The average Bonchev–Trinajstić information content (AvgIpc) is 3.20. The van der Waals surface area contributed by atoms with Gasteiger partial charge < -0.3 is 0 Å². The number of halogens is 1. The van der Waals surface area contributed by atoms with E-state index < -0.39 is 0 Å². The minimum atomic E-state index is 0.188. The lowest BCUT2D eigenvalue weighted by atomic mass is 9.97. The van der Waals surface area contributed by atoms with Gasteiger partial charge in [-0.3, -0.25) is 5.01 Å². The van der Waals surface area contributed by atoms with Crippen molar-refractivity contribution >= 4 is 23.3 Å². The quantitative estimate of drug-likeness (QED) is 0.675. The third kappa shape index (κ3) is 2.39. The standard InChI is InChI=1S/C17H13ClN6/c1-23-9-14(8-21-23)12-4-15(11-2-3-16(18)20-6-11)17-13(5-19)7-22-24(17)10-12/h2-4,6-8,10,14H,9H2,1H3. The predicted octanol–water partition coefficient (Wildman–Crippen LogP) is 2.94. The smallest absolute Gasteiger partial charge is 0.129 e. The molecule has 0 bridgehead atoms. The highest BCUT2D eigenvalue weighted by atomic mass is 35.5. The molecule has 4 rings (SSSR count).